The second-order valence-electron chi connectivity index (χ2n) is 10.3. The monoisotopic (exact) mass is 532 g/mol. The smallest absolute Gasteiger partial charge is 0.251 e. The van der Waals surface area contributed by atoms with Crippen molar-refractivity contribution >= 4 is 22.5 Å². The number of nitrogens with one attached hydrogen (secondary N) is 1. The van der Waals surface area contributed by atoms with Crippen LogP contribution in [0.4, 0.5) is 19.0 Å². The molecule has 1 saturated heterocycles. The first-order valence-electron chi connectivity index (χ1n) is 12.9. The van der Waals surface area contributed by atoms with E-state index in [1.807, 2.05) is 42.5 Å². The second kappa shape index (κ2) is 9.96. The number of fused-ring (bicyclic) bond motifs is 2. The van der Waals surface area contributed by atoms with Crippen LogP contribution in [-0.2, 0) is 23.3 Å². The zero-order valence-electron chi connectivity index (χ0n) is 21.4. The maximum Gasteiger partial charge on any atom is 0.251 e. The number of nitrogens with zero attached hydrogens (tertiary/aromatic N) is 3. The van der Waals surface area contributed by atoms with Crippen molar-refractivity contribution in [1.29, 1.82) is 0 Å². The Labute approximate surface area is 223 Å². The molecule has 200 valence electrons. The topological polar surface area (TPSA) is 67.3 Å². The molecule has 1 atom stereocenters. The minimum absolute atomic E-state index is 0.0174. The van der Waals surface area contributed by atoms with Crippen molar-refractivity contribution in [3.05, 3.63) is 89.0 Å². The van der Waals surface area contributed by atoms with Crippen LogP contribution in [0.3, 0.4) is 0 Å². The van der Waals surface area contributed by atoms with Crippen LogP contribution < -0.4 is 10.2 Å². The number of alkyl halides is 2. The lowest BCUT2D eigenvalue weighted by Crippen LogP contribution is -2.41. The third-order valence-electron chi connectivity index (χ3n) is 7.62. The van der Waals surface area contributed by atoms with Crippen molar-refractivity contribution < 1.29 is 22.7 Å². The number of carbonyl (C=O) groups excluding carboxylic acids is 1. The van der Waals surface area contributed by atoms with Crippen LogP contribution in [0.1, 0.15) is 40.5 Å². The first-order chi connectivity index (χ1) is 18.8. The van der Waals surface area contributed by atoms with E-state index in [0.29, 0.717) is 5.69 Å². The lowest BCUT2D eigenvalue weighted by Gasteiger charge is -2.35. The molecule has 2 aliphatic heterocycles. The number of anilines is 1. The van der Waals surface area contributed by atoms with Gasteiger partial charge in [0, 0.05) is 41.4 Å². The van der Waals surface area contributed by atoms with E-state index in [9.17, 15) is 18.0 Å². The normalized spacial score (nSPS) is 18.6. The van der Waals surface area contributed by atoms with Gasteiger partial charge in [-0.05, 0) is 60.7 Å². The summed E-state index contributed by atoms with van der Waals surface area (Å²) in [5, 5.41) is 4.63. The quantitative estimate of drug-likeness (QED) is 0.349. The highest BCUT2D eigenvalue weighted by Crippen LogP contribution is 2.39. The summed E-state index contributed by atoms with van der Waals surface area (Å²) in [5.41, 5.74) is 0.932. The molecule has 1 amide bonds. The van der Waals surface area contributed by atoms with E-state index < -0.39 is 23.6 Å². The number of aromatic nitrogens is 2. The molecule has 2 aliphatic rings. The molecule has 2 aromatic carbocycles. The van der Waals surface area contributed by atoms with Gasteiger partial charge in [-0.1, -0.05) is 18.2 Å². The number of pyridine rings is 2. The molecule has 2 aromatic heterocycles. The van der Waals surface area contributed by atoms with Crippen molar-refractivity contribution in [2.24, 2.45) is 0 Å². The summed E-state index contributed by atoms with van der Waals surface area (Å²) < 4.78 is 47.7. The highest BCUT2D eigenvalue weighted by atomic mass is 19.3. The number of carbonyl (C=O) groups is 1. The number of halogens is 3. The van der Waals surface area contributed by atoms with Gasteiger partial charge in [-0.2, -0.15) is 0 Å². The Morgan fingerprint density at radius 2 is 1.97 bits per heavy atom. The van der Waals surface area contributed by atoms with Gasteiger partial charge in [0.15, 0.2) is 0 Å². The molecule has 39 heavy (non-hydrogen) atoms. The molecule has 0 saturated carbocycles. The van der Waals surface area contributed by atoms with E-state index in [1.165, 1.54) is 19.4 Å². The van der Waals surface area contributed by atoms with E-state index in [2.05, 4.69) is 15.2 Å². The van der Waals surface area contributed by atoms with Crippen LogP contribution in [0.5, 0.6) is 0 Å². The van der Waals surface area contributed by atoms with Crippen molar-refractivity contribution in [3.8, 4) is 11.3 Å². The fraction of sp³-hybridized carbons (Fsp3) is 0.300. The van der Waals surface area contributed by atoms with E-state index in [0.717, 1.165) is 47.0 Å². The van der Waals surface area contributed by atoms with Gasteiger partial charge in [0.2, 0.25) is 6.43 Å². The average Bonchev–Trinajstić information content (AvgIpc) is 2.91. The zero-order valence-corrected chi connectivity index (χ0v) is 21.4. The minimum Gasteiger partial charge on any atom is -0.376 e. The van der Waals surface area contributed by atoms with Crippen LogP contribution in [0.25, 0.3) is 22.0 Å². The molecule has 1 fully saturated rings. The molecule has 4 heterocycles. The highest BCUT2D eigenvalue weighted by Gasteiger charge is 2.42. The van der Waals surface area contributed by atoms with Crippen molar-refractivity contribution in [3.63, 3.8) is 0 Å². The number of hydrogen-bond donors (Lipinski definition) is 1. The Morgan fingerprint density at radius 3 is 2.74 bits per heavy atom. The number of ether oxygens (including phenoxy) is 1. The third kappa shape index (κ3) is 4.71. The Bertz CT molecular complexity index is 1570. The van der Waals surface area contributed by atoms with Gasteiger partial charge in [-0.15, -0.1) is 0 Å². The minimum atomic E-state index is -2.77. The van der Waals surface area contributed by atoms with Crippen LogP contribution in [0.2, 0.25) is 0 Å². The molecule has 1 N–H and O–H groups in total. The molecule has 6 nitrogen and oxygen atoms in total. The molecule has 4 aromatic rings. The number of hydrogen-bond acceptors (Lipinski definition) is 5. The Kier molecular flexibility index (Phi) is 6.46. The fourth-order valence-corrected chi connectivity index (χ4v) is 5.07. The van der Waals surface area contributed by atoms with Crippen LogP contribution >= 0.6 is 0 Å². The number of amides is 1. The molecule has 0 bridgehead atoms. The lowest BCUT2D eigenvalue weighted by molar-refractivity contribution is -0.0281. The largest absolute Gasteiger partial charge is 0.376 e. The predicted octanol–water partition coefficient (Wildman–Crippen LogP) is 5.63. The zero-order chi connectivity index (χ0) is 27.1. The molecular formula is C30H27F3N4O2. The van der Waals surface area contributed by atoms with Gasteiger partial charge in [-0.25, -0.2) is 18.2 Å². The van der Waals surface area contributed by atoms with Crippen LogP contribution in [0, 0.1) is 5.82 Å². The summed E-state index contributed by atoms with van der Waals surface area (Å²) in [6.07, 6.45) is 0.144. The Morgan fingerprint density at radius 1 is 1.13 bits per heavy atom. The summed E-state index contributed by atoms with van der Waals surface area (Å²) in [5.74, 6) is -0.327. The van der Waals surface area contributed by atoms with Gasteiger partial charge >= 0.3 is 0 Å². The SMILES string of the molecule is C[C@@]1(C(F)F)COCc2c(F)cc(C(=O)NCc3cc4cc(-c5cccc(N6CCC6)n5)ccc4cn3)cc21. The van der Waals surface area contributed by atoms with Crippen molar-refractivity contribution in [1.82, 2.24) is 15.3 Å². The predicted molar refractivity (Wildman–Crippen MR) is 142 cm³/mol. The summed E-state index contributed by atoms with van der Waals surface area (Å²) in [6.45, 7) is 3.10. The summed E-state index contributed by atoms with van der Waals surface area (Å²) in [7, 11) is 0. The maximum atomic E-state index is 14.8. The fourth-order valence-electron chi connectivity index (χ4n) is 5.07. The van der Waals surface area contributed by atoms with Crippen molar-refractivity contribution in [2.45, 2.75) is 38.3 Å². The van der Waals surface area contributed by atoms with E-state index in [-0.39, 0.29) is 36.4 Å². The van der Waals surface area contributed by atoms with E-state index >= 15 is 0 Å². The molecule has 6 rings (SSSR count). The van der Waals surface area contributed by atoms with Gasteiger partial charge in [0.25, 0.3) is 5.91 Å². The first-order valence-corrected chi connectivity index (χ1v) is 12.9. The lowest BCUT2D eigenvalue weighted by atomic mass is 9.78. The number of rotatable bonds is 6. The van der Waals surface area contributed by atoms with Gasteiger partial charge < -0.3 is 15.0 Å². The van der Waals surface area contributed by atoms with Crippen LogP contribution in [0.15, 0.2) is 60.8 Å². The van der Waals surface area contributed by atoms with E-state index in [1.54, 1.807) is 6.20 Å². The summed E-state index contributed by atoms with van der Waals surface area (Å²) in [6, 6.07) is 16.3. The van der Waals surface area contributed by atoms with Gasteiger partial charge in [0.05, 0.1) is 36.6 Å². The average molecular weight is 533 g/mol. The third-order valence-corrected chi connectivity index (χ3v) is 7.62. The molecule has 0 aliphatic carbocycles. The molecule has 0 radical (unpaired) electrons. The summed E-state index contributed by atoms with van der Waals surface area (Å²) in [4.78, 5) is 24.4. The molecular weight excluding hydrogens is 505 g/mol. The summed E-state index contributed by atoms with van der Waals surface area (Å²) >= 11 is 0. The highest BCUT2D eigenvalue weighted by molar-refractivity contribution is 5.94. The second-order valence-corrected chi connectivity index (χ2v) is 10.3. The van der Waals surface area contributed by atoms with Gasteiger partial charge in [-0.3, -0.25) is 9.78 Å². The first kappa shape index (κ1) is 25.3. The van der Waals surface area contributed by atoms with E-state index in [4.69, 9.17) is 9.72 Å². The maximum absolute atomic E-state index is 14.8. The standard InChI is InChI=1S/C30H27F3N4O2/c1-30(29(32)33)17-39-16-23-24(30)12-21(13-25(23)31)28(38)35-15-22-11-20-10-18(6-7-19(20)14-34-22)26-4-2-5-27(36-26)37-8-3-9-37/h2,4-7,10-14,29H,3,8-9,15-17H2,1H3,(H,35,38)/t30-/m1/s1. The van der Waals surface area contributed by atoms with Gasteiger partial charge in [0.1, 0.15) is 11.6 Å². The number of benzene rings is 2. The molecule has 9 heteroatoms. The van der Waals surface area contributed by atoms with Crippen LogP contribution in [-0.4, -0.2) is 42.0 Å². The Hall–Kier alpha value is -3.98. The van der Waals surface area contributed by atoms with Crippen molar-refractivity contribution in [2.75, 3.05) is 24.6 Å². The molecule has 0 unspecified atom stereocenters. The Balaban J connectivity index is 1.22. The molecule has 0 spiro atoms.